The van der Waals surface area contributed by atoms with Gasteiger partial charge in [0.2, 0.25) is 0 Å². The molecule has 38 heavy (non-hydrogen) atoms. The smallest absolute Gasteiger partial charge is 0.339 e. The maximum absolute atomic E-state index is 13.5. The number of ether oxygens (including phenoxy) is 1. The molecule has 0 radical (unpaired) electrons. The molecule has 1 amide bonds. The van der Waals surface area contributed by atoms with Crippen molar-refractivity contribution in [2.24, 2.45) is 5.10 Å². The van der Waals surface area contributed by atoms with E-state index >= 15 is 0 Å². The fourth-order valence-electron chi connectivity index (χ4n) is 3.97. The third-order valence-corrected chi connectivity index (χ3v) is 6.98. The monoisotopic (exact) mass is 524 g/mol. The zero-order chi connectivity index (χ0) is 26.5. The molecule has 5 rings (SSSR count). The van der Waals surface area contributed by atoms with E-state index in [0.717, 1.165) is 5.56 Å². The van der Waals surface area contributed by atoms with Crippen LogP contribution in [0.3, 0.4) is 0 Å². The van der Waals surface area contributed by atoms with Crippen LogP contribution in [-0.2, 0) is 14.9 Å². The van der Waals surface area contributed by atoms with Gasteiger partial charge < -0.3 is 8.92 Å². The molecule has 0 N–H and O–H groups in total. The number of anilines is 1. The first kappa shape index (κ1) is 25.0. The molecular formula is C30H24N2O5S. The molecule has 0 spiro atoms. The summed E-state index contributed by atoms with van der Waals surface area (Å²) in [5.74, 6) is 0.0170. The van der Waals surface area contributed by atoms with Crippen molar-refractivity contribution in [3.05, 3.63) is 126 Å². The van der Waals surface area contributed by atoms with Gasteiger partial charge in [-0.3, -0.25) is 4.79 Å². The zero-order valence-electron chi connectivity index (χ0n) is 20.5. The second kappa shape index (κ2) is 10.7. The molecule has 8 heteroatoms. The number of benzene rings is 4. The van der Waals surface area contributed by atoms with Gasteiger partial charge in [0.15, 0.2) is 11.5 Å². The van der Waals surface area contributed by atoms with Crippen molar-refractivity contribution in [2.45, 2.75) is 11.8 Å². The van der Waals surface area contributed by atoms with Gasteiger partial charge in [0, 0.05) is 5.56 Å². The van der Waals surface area contributed by atoms with Crippen LogP contribution in [0.2, 0.25) is 0 Å². The largest absolute Gasteiger partial charge is 0.490 e. The highest BCUT2D eigenvalue weighted by molar-refractivity contribution is 7.87. The lowest BCUT2D eigenvalue weighted by Crippen LogP contribution is -2.21. The lowest BCUT2D eigenvalue weighted by atomic mass is 10.00. The van der Waals surface area contributed by atoms with Crippen LogP contribution in [-0.4, -0.2) is 26.6 Å². The quantitative estimate of drug-likeness (QED) is 0.218. The lowest BCUT2D eigenvalue weighted by Gasteiger charge is -2.13. The normalized spacial score (nSPS) is 14.4. The molecule has 0 bridgehead atoms. The van der Waals surface area contributed by atoms with Crippen molar-refractivity contribution in [1.29, 1.82) is 0 Å². The lowest BCUT2D eigenvalue weighted by molar-refractivity contribution is -0.114. The van der Waals surface area contributed by atoms with Crippen LogP contribution in [0.25, 0.3) is 6.08 Å². The first-order chi connectivity index (χ1) is 18.5. The average molecular weight is 525 g/mol. The molecule has 0 fully saturated rings. The number of para-hydroxylation sites is 1. The number of hydrogen-bond donors (Lipinski definition) is 0. The van der Waals surface area contributed by atoms with E-state index in [-0.39, 0.29) is 22.3 Å². The van der Waals surface area contributed by atoms with E-state index in [2.05, 4.69) is 5.10 Å². The van der Waals surface area contributed by atoms with Crippen LogP contribution in [0.1, 0.15) is 18.1 Å². The summed E-state index contributed by atoms with van der Waals surface area (Å²) in [4.78, 5) is 13.6. The number of amides is 1. The second-order valence-electron chi connectivity index (χ2n) is 8.31. The van der Waals surface area contributed by atoms with Crippen LogP contribution in [0, 0.1) is 0 Å². The molecule has 0 atom stereocenters. The summed E-state index contributed by atoms with van der Waals surface area (Å²) in [6, 6.07) is 31.4. The molecule has 4 aromatic carbocycles. The molecule has 1 aliphatic heterocycles. The molecule has 4 aromatic rings. The Kier molecular flexibility index (Phi) is 7.06. The highest BCUT2D eigenvalue weighted by Gasteiger charge is 2.32. The van der Waals surface area contributed by atoms with Crippen molar-refractivity contribution >= 4 is 33.5 Å². The Bertz CT molecular complexity index is 1620. The van der Waals surface area contributed by atoms with Crippen LogP contribution in [0.15, 0.2) is 125 Å². The van der Waals surface area contributed by atoms with Gasteiger partial charge in [-0.15, -0.1) is 0 Å². The van der Waals surface area contributed by atoms with Gasteiger partial charge in [0.25, 0.3) is 5.91 Å². The predicted octanol–water partition coefficient (Wildman–Crippen LogP) is 5.69. The Morgan fingerprint density at radius 3 is 2.11 bits per heavy atom. The van der Waals surface area contributed by atoms with Crippen LogP contribution in [0.4, 0.5) is 5.69 Å². The first-order valence-corrected chi connectivity index (χ1v) is 13.4. The Morgan fingerprint density at radius 2 is 1.45 bits per heavy atom. The van der Waals surface area contributed by atoms with Gasteiger partial charge in [-0.1, -0.05) is 72.8 Å². The molecular weight excluding hydrogens is 500 g/mol. The summed E-state index contributed by atoms with van der Waals surface area (Å²) in [7, 11) is -4.06. The number of carbonyl (C=O) groups excluding carboxylic acids is 1. The Morgan fingerprint density at radius 1 is 0.816 bits per heavy atom. The molecule has 0 aromatic heterocycles. The highest BCUT2D eigenvalue weighted by Crippen LogP contribution is 2.33. The number of carbonyl (C=O) groups is 1. The molecule has 0 unspecified atom stereocenters. The van der Waals surface area contributed by atoms with Gasteiger partial charge in [-0.2, -0.15) is 18.5 Å². The van der Waals surface area contributed by atoms with Crippen LogP contribution < -0.4 is 13.9 Å². The van der Waals surface area contributed by atoms with Gasteiger partial charge in [0.05, 0.1) is 17.9 Å². The third-order valence-electron chi connectivity index (χ3n) is 5.74. The van der Waals surface area contributed by atoms with Crippen molar-refractivity contribution in [1.82, 2.24) is 0 Å². The van der Waals surface area contributed by atoms with Gasteiger partial charge in [-0.05, 0) is 55.0 Å². The maximum atomic E-state index is 13.5. The Labute approximate surface area is 221 Å². The second-order valence-corrected chi connectivity index (χ2v) is 9.86. The van der Waals surface area contributed by atoms with Crippen molar-refractivity contribution in [2.75, 3.05) is 11.6 Å². The first-order valence-electron chi connectivity index (χ1n) is 12.0. The van der Waals surface area contributed by atoms with E-state index in [1.165, 1.54) is 23.2 Å². The Balaban J connectivity index is 1.53. The van der Waals surface area contributed by atoms with Crippen molar-refractivity contribution in [3.8, 4) is 11.5 Å². The minimum atomic E-state index is -4.06. The molecule has 7 nitrogen and oxygen atoms in total. The molecule has 0 aliphatic carbocycles. The van der Waals surface area contributed by atoms with E-state index in [0.29, 0.717) is 29.1 Å². The standard InChI is InChI=1S/C30H24N2O5S/c1-2-36-28-21-22(18-19-27(28)37-38(34,35)25-16-10-5-11-17-25)20-26-29(23-12-6-3-7-13-23)31-32(30(26)33)24-14-8-4-9-15-24/h3-21H,2H2,1H3/b26-20-. The van der Waals surface area contributed by atoms with E-state index in [1.54, 1.807) is 43.3 Å². The van der Waals surface area contributed by atoms with Crippen LogP contribution in [0.5, 0.6) is 11.5 Å². The van der Waals surface area contributed by atoms with E-state index in [1.807, 2.05) is 60.7 Å². The van der Waals surface area contributed by atoms with E-state index < -0.39 is 10.1 Å². The highest BCUT2D eigenvalue weighted by atomic mass is 32.2. The molecule has 190 valence electrons. The zero-order valence-corrected chi connectivity index (χ0v) is 21.3. The predicted molar refractivity (Wildman–Crippen MR) is 147 cm³/mol. The minimum absolute atomic E-state index is 0.0370. The number of hydrogen-bond acceptors (Lipinski definition) is 6. The van der Waals surface area contributed by atoms with Gasteiger partial charge in [-0.25, -0.2) is 0 Å². The Hall–Kier alpha value is -4.69. The molecule has 1 aliphatic rings. The van der Waals surface area contributed by atoms with E-state index in [9.17, 15) is 13.2 Å². The van der Waals surface area contributed by atoms with Crippen molar-refractivity contribution < 1.29 is 22.1 Å². The number of rotatable bonds is 8. The van der Waals surface area contributed by atoms with Gasteiger partial charge >= 0.3 is 10.1 Å². The summed E-state index contributed by atoms with van der Waals surface area (Å²) >= 11 is 0. The maximum Gasteiger partial charge on any atom is 0.339 e. The van der Waals surface area contributed by atoms with Crippen molar-refractivity contribution in [3.63, 3.8) is 0 Å². The molecule has 0 saturated carbocycles. The summed E-state index contributed by atoms with van der Waals surface area (Å²) in [5.41, 5.74) is 3.00. The fraction of sp³-hybridized carbons (Fsp3) is 0.0667. The minimum Gasteiger partial charge on any atom is -0.490 e. The molecule has 0 saturated heterocycles. The van der Waals surface area contributed by atoms with Crippen LogP contribution >= 0.6 is 0 Å². The fourth-order valence-corrected chi connectivity index (χ4v) is 4.93. The summed E-state index contributed by atoms with van der Waals surface area (Å²) < 4.78 is 36.7. The summed E-state index contributed by atoms with van der Waals surface area (Å²) in [6.07, 6.45) is 1.72. The SMILES string of the molecule is CCOc1cc(/C=C2\C(=O)N(c3ccccc3)N=C2c2ccccc2)ccc1OS(=O)(=O)c1ccccc1. The summed E-state index contributed by atoms with van der Waals surface area (Å²) in [6.45, 7) is 2.08. The number of hydrazone groups is 1. The topological polar surface area (TPSA) is 85.3 Å². The van der Waals surface area contributed by atoms with E-state index in [4.69, 9.17) is 8.92 Å². The number of nitrogens with zero attached hydrogens (tertiary/aromatic N) is 2. The molecule has 1 heterocycles. The average Bonchev–Trinajstić information content (AvgIpc) is 3.27. The summed E-state index contributed by atoms with van der Waals surface area (Å²) in [5, 5.41) is 6.02. The van der Waals surface area contributed by atoms with Gasteiger partial charge in [0.1, 0.15) is 10.6 Å². The third kappa shape index (κ3) is 5.21.